The third kappa shape index (κ3) is 0.381. The van der Waals surface area contributed by atoms with E-state index in [-0.39, 0.29) is 0 Å². The number of fused-ring (bicyclic) bond motifs is 1. The number of hydrogen-bond donors (Lipinski definition) is 0. The normalized spacial score (nSPS) is 75.5. The van der Waals surface area contributed by atoms with Crippen molar-refractivity contribution in [3.63, 3.8) is 0 Å². The molecule has 5 unspecified atom stereocenters. The van der Waals surface area contributed by atoms with Gasteiger partial charge in [-0.1, -0.05) is 6.92 Å². The van der Waals surface area contributed by atoms with Crippen LogP contribution in [0, 0.1) is 28.6 Å². The van der Waals surface area contributed by atoms with E-state index in [0.29, 0.717) is 0 Å². The molecule has 4 aliphatic rings. The molecule has 0 aromatic carbocycles. The van der Waals surface area contributed by atoms with Crippen molar-refractivity contribution in [3.05, 3.63) is 0 Å². The lowest BCUT2D eigenvalue weighted by molar-refractivity contribution is 0.0281. The third-order valence-electron chi connectivity index (χ3n) is 5.65. The molecule has 0 nitrogen and oxygen atoms in total. The van der Waals surface area contributed by atoms with E-state index >= 15 is 0 Å². The Morgan fingerprint density at radius 2 is 2.09 bits per heavy atom. The van der Waals surface area contributed by atoms with Crippen LogP contribution in [0.25, 0.3) is 0 Å². The first-order chi connectivity index (χ1) is 5.24. The molecular formula is C11H16. The molecular weight excluding hydrogens is 132 g/mol. The van der Waals surface area contributed by atoms with Crippen LogP contribution in [0.15, 0.2) is 0 Å². The van der Waals surface area contributed by atoms with Crippen molar-refractivity contribution in [2.24, 2.45) is 28.6 Å². The standard InChI is InChI=1S/C11H16/c1-10-4-7-2-8-5-11(10,6-10)9(8)3-7/h7-9H,2-6H2,1H3. The zero-order chi connectivity index (χ0) is 7.27. The Kier molecular flexibility index (Phi) is 0.611. The van der Waals surface area contributed by atoms with E-state index in [1.54, 1.807) is 32.1 Å². The molecule has 0 aliphatic heterocycles. The van der Waals surface area contributed by atoms with E-state index in [1.165, 1.54) is 11.8 Å². The zero-order valence-electron chi connectivity index (χ0n) is 7.27. The van der Waals surface area contributed by atoms with Crippen molar-refractivity contribution < 1.29 is 0 Å². The average molecular weight is 148 g/mol. The molecule has 60 valence electrons. The molecule has 4 rings (SSSR count). The van der Waals surface area contributed by atoms with E-state index in [2.05, 4.69) is 6.92 Å². The second kappa shape index (κ2) is 1.20. The Labute approximate surface area is 68.4 Å². The van der Waals surface area contributed by atoms with Gasteiger partial charge in [-0.2, -0.15) is 0 Å². The van der Waals surface area contributed by atoms with E-state index in [1.807, 2.05) is 0 Å². The largest absolute Gasteiger partial charge is 0.0591 e. The highest BCUT2D eigenvalue weighted by atomic mass is 14.8. The molecule has 4 saturated carbocycles. The average Bonchev–Trinajstić information content (AvgIpc) is 2.43. The van der Waals surface area contributed by atoms with Crippen LogP contribution in [0.4, 0.5) is 0 Å². The maximum Gasteiger partial charge on any atom is -0.0204 e. The molecule has 4 fully saturated rings. The summed E-state index contributed by atoms with van der Waals surface area (Å²) in [5.41, 5.74) is 1.79. The summed E-state index contributed by atoms with van der Waals surface area (Å²) in [6.45, 7) is 2.56. The van der Waals surface area contributed by atoms with Crippen LogP contribution < -0.4 is 0 Å². The minimum Gasteiger partial charge on any atom is -0.0591 e. The quantitative estimate of drug-likeness (QED) is 0.495. The van der Waals surface area contributed by atoms with Gasteiger partial charge in [0.05, 0.1) is 0 Å². The monoisotopic (exact) mass is 148 g/mol. The molecule has 4 aliphatic carbocycles. The Balaban J connectivity index is 1.88. The van der Waals surface area contributed by atoms with Gasteiger partial charge >= 0.3 is 0 Å². The van der Waals surface area contributed by atoms with Crippen molar-refractivity contribution in [1.29, 1.82) is 0 Å². The fraction of sp³-hybridized carbons (Fsp3) is 1.00. The summed E-state index contributed by atoms with van der Waals surface area (Å²) in [5.74, 6) is 3.57. The van der Waals surface area contributed by atoms with Gasteiger partial charge in [0.2, 0.25) is 0 Å². The number of rotatable bonds is 0. The first-order valence-corrected chi connectivity index (χ1v) is 5.24. The molecule has 11 heavy (non-hydrogen) atoms. The summed E-state index contributed by atoms with van der Waals surface area (Å²) in [4.78, 5) is 0. The van der Waals surface area contributed by atoms with Crippen LogP contribution in [0.2, 0.25) is 0 Å². The van der Waals surface area contributed by atoms with Gasteiger partial charge in [-0.05, 0) is 60.7 Å². The van der Waals surface area contributed by atoms with Crippen molar-refractivity contribution in [1.82, 2.24) is 0 Å². The van der Waals surface area contributed by atoms with Crippen LogP contribution in [-0.2, 0) is 0 Å². The lowest BCUT2D eigenvalue weighted by atomic mass is 9.59. The van der Waals surface area contributed by atoms with Crippen molar-refractivity contribution >= 4 is 0 Å². The minimum absolute atomic E-state index is 0.855. The molecule has 0 aromatic rings. The Bertz CT molecular complexity index is 244. The molecule has 0 amide bonds. The lowest BCUT2D eigenvalue weighted by Gasteiger charge is -2.46. The Morgan fingerprint density at radius 1 is 1.18 bits per heavy atom. The second-order valence-electron chi connectivity index (χ2n) is 6.01. The maximum absolute atomic E-state index is 2.56. The molecule has 5 atom stereocenters. The maximum atomic E-state index is 2.56. The molecule has 0 heteroatoms. The topological polar surface area (TPSA) is 0 Å². The molecule has 0 radical (unpaired) electrons. The van der Waals surface area contributed by atoms with E-state index in [0.717, 1.165) is 16.7 Å². The van der Waals surface area contributed by atoms with Crippen molar-refractivity contribution in [3.8, 4) is 0 Å². The first kappa shape index (κ1) is 5.61. The van der Waals surface area contributed by atoms with Crippen LogP contribution in [-0.4, -0.2) is 0 Å². The lowest BCUT2D eigenvalue weighted by Crippen LogP contribution is -2.39. The summed E-state index contributed by atoms with van der Waals surface area (Å²) in [5, 5.41) is 0. The zero-order valence-corrected chi connectivity index (χ0v) is 7.27. The highest BCUT2D eigenvalue weighted by molar-refractivity contribution is 5.27. The number of hydrogen-bond acceptors (Lipinski definition) is 0. The summed E-state index contributed by atoms with van der Waals surface area (Å²) in [6, 6.07) is 0. The van der Waals surface area contributed by atoms with E-state index < -0.39 is 0 Å². The van der Waals surface area contributed by atoms with Gasteiger partial charge in [0.15, 0.2) is 0 Å². The van der Waals surface area contributed by atoms with E-state index in [9.17, 15) is 0 Å². The van der Waals surface area contributed by atoms with Crippen molar-refractivity contribution in [2.75, 3.05) is 0 Å². The highest BCUT2D eigenvalue weighted by Crippen LogP contribution is 2.86. The molecule has 0 heterocycles. The van der Waals surface area contributed by atoms with Gasteiger partial charge < -0.3 is 0 Å². The van der Waals surface area contributed by atoms with Gasteiger partial charge in [0, 0.05) is 0 Å². The first-order valence-electron chi connectivity index (χ1n) is 5.24. The van der Waals surface area contributed by atoms with Crippen LogP contribution in [0.3, 0.4) is 0 Å². The Hall–Kier alpha value is 0. The molecule has 1 spiro atoms. The highest BCUT2D eigenvalue weighted by Gasteiger charge is 2.78. The van der Waals surface area contributed by atoms with Gasteiger partial charge in [0.1, 0.15) is 0 Å². The molecule has 0 aromatic heterocycles. The van der Waals surface area contributed by atoms with Crippen LogP contribution in [0.5, 0.6) is 0 Å². The SMILES string of the molecule is CC12CC3CC4CC1(C2)C4C3. The summed E-state index contributed by atoms with van der Waals surface area (Å²) >= 11 is 0. The third-order valence-corrected chi connectivity index (χ3v) is 5.65. The fourth-order valence-electron chi connectivity index (χ4n) is 5.23. The van der Waals surface area contributed by atoms with Crippen molar-refractivity contribution in [2.45, 2.75) is 39.0 Å². The van der Waals surface area contributed by atoms with Gasteiger partial charge in [-0.15, -0.1) is 0 Å². The molecule has 0 N–H and O–H groups in total. The van der Waals surface area contributed by atoms with Crippen LogP contribution in [0.1, 0.15) is 39.0 Å². The van der Waals surface area contributed by atoms with E-state index in [4.69, 9.17) is 0 Å². The Morgan fingerprint density at radius 3 is 3.00 bits per heavy atom. The fourth-order valence-corrected chi connectivity index (χ4v) is 5.23. The minimum atomic E-state index is 0.855. The summed E-state index contributed by atoms with van der Waals surface area (Å²) in [6.07, 6.45) is 8.07. The second-order valence-corrected chi connectivity index (χ2v) is 6.01. The predicted molar refractivity (Wildman–Crippen MR) is 44.1 cm³/mol. The summed E-state index contributed by atoms with van der Waals surface area (Å²) in [7, 11) is 0. The van der Waals surface area contributed by atoms with Gasteiger partial charge in [-0.3, -0.25) is 0 Å². The van der Waals surface area contributed by atoms with Gasteiger partial charge in [-0.25, -0.2) is 0 Å². The predicted octanol–water partition coefficient (Wildman–Crippen LogP) is 2.83. The molecule has 0 saturated heterocycles. The molecule has 2 bridgehead atoms. The summed E-state index contributed by atoms with van der Waals surface area (Å²) < 4.78 is 0. The van der Waals surface area contributed by atoms with Crippen LogP contribution >= 0.6 is 0 Å². The smallest absolute Gasteiger partial charge is 0.0204 e. The van der Waals surface area contributed by atoms with Gasteiger partial charge in [0.25, 0.3) is 0 Å².